The number of aromatic amines is 1. The van der Waals surface area contributed by atoms with Gasteiger partial charge in [-0.05, 0) is 13.2 Å². The maximum absolute atomic E-state index is 11.6. The summed E-state index contributed by atoms with van der Waals surface area (Å²) in [4.78, 5) is 16.0. The van der Waals surface area contributed by atoms with Crippen LogP contribution in [-0.4, -0.2) is 39.1 Å². The number of thioether (sulfide) groups is 1. The first-order chi connectivity index (χ1) is 9.70. The third-order valence-corrected chi connectivity index (χ3v) is 3.87. The van der Waals surface area contributed by atoms with Gasteiger partial charge in [-0.1, -0.05) is 30.3 Å². The highest BCUT2D eigenvalue weighted by Crippen LogP contribution is 2.13. The number of amides is 1. The Kier molecular flexibility index (Phi) is 5.17. The number of benzene rings is 1. The zero-order valence-electron chi connectivity index (χ0n) is 11.6. The molecule has 0 spiro atoms. The zero-order chi connectivity index (χ0) is 14.4. The van der Waals surface area contributed by atoms with Gasteiger partial charge in [0.15, 0.2) is 5.82 Å². The quantitative estimate of drug-likeness (QED) is 0.852. The molecular formula is C14H18N4OS. The van der Waals surface area contributed by atoms with Crippen LogP contribution in [0.4, 0.5) is 0 Å². The number of aromatic nitrogens is 3. The van der Waals surface area contributed by atoms with Crippen LogP contribution in [0.5, 0.6) is 0 Å². The maximum atomic E-state index is 11.6. The molecule has 1 heterocycles. The van der Waals surface area contributed by atoms with Crippen LogP contribution in [0.3, 0.4) is 0 Å². The van der Waals surface area contributed by atoms with Crippen LogP contribution in [-0.2, 0) is 11.2 Å². The molecule has 1 aromatic heterocycles. The topological polar surface area (TPSA) is 70.7 Å². The lowest BCUT2D eigenvalue weighted by molar-refractivity contribution is -0.120. The number of carbonyl (C=O) groups is 1. The van der Waals surface area contributed by atoms with Crippen molar-refractivity contribution in [2.45, 2.75) is 18.6 Å². The highest BCUT2D eigenvalue weighted by molar-refractivity contribution is 7.99. The first-order valence-corrected chi connectivity index (χ1v) is 7.76. The Morgan fingerprint density at radius 1 is 1.40 bits per heavy atom. The number of nitrogens with zero attached hydrogens (tertiary/aromatic N) is 2. The zero-order valence-corrected chi connectivity index (χ0v) is 12.4. The summed E-state index contributed by atoms with van der Waals surface area (Å²) in [6.07, 6.45) is 2.57. The second-order valence-corrected chi connectivity index (χ2v) is 5.57. The molecule has 2 aromatic rings. The van der Waals surface area contributed by atoms with Crippen LogP contribution in [0.2, 0.25) is 0 Å². The summed E-state index contributed by atoms with van der Waals surface area (Å²) < 4.78 is 0. The molecule has 0 aliphatic carbocycles. The molecule has 1 amide bonds. The minimum absolute atomic E-state index is 0.0235. The van der Waals surface area contributed by atoms with Crippen LogP contribution in [0.25, 0.3) is 11.4 Å². The lowest BCUT2D eigenvalue weighted by Gasteiger charge is -2.08. The van der Waals surface area contributed by atoms with Crippen LogP contribution in [0.15, 0.2) is 30.3 Å². The van der Waals surface area contributed by atoms with Crippen LogP contribution < -0.4 is 5.32 Å². The van der Waals surface area contributed by atoms with E-state index in [9.17, 15) is 4.79 Å². The van der Waals surface area contributed by atoms with Gasteiger partial charge in [-0.2, -0.15) is 16.9 Å². The van der Waals surface area contributed by atoms with Crippen molar-refractivity contribution in [2.75, 3.05) is 12.8 Å². The van der Waals surface area contributed by atoms with Gasteiger partial charge < -0.3 is 5.32 Å². The molecule has 0 bridgehead atoms. The molecule has 6 heteroatoms. The fraction of sp³-hybridized carbons (Fsp3) is 0.357. The van der Waals surface area contributed by atoms with Crippen LogP contribution in [0.1, 0.15) is 12.7 Å². The van der Waals surface area contributed by atoms with Crippen molar-refractivity contribution in [2.24, 2.45) is 0 Å². The van der Waals surface area contributed by atoms with E-state index < -0.39 is 0 Å². The first kappa shape index (κ1) is 14.6. The van der Waals surface area contributed by atoms with Crippen molar-refractivity contribution >= 4 is 17.7 Å². The largest absolute Gasteiger partial charge is 0.355 e. The molecule has 1 aromatic carbocycles. The average molecular weight is 290 g/mol. The van der Waals surface area contributed by atoms with Gasteiger partial charge in [0, 0.05) is 18.5 Å². The van der Waals surface area contributed by atoms with Crippen molar-refractivity contribution in [3.63, 3.8) is 0 Å². The maximum Gasteiger partial charge on any atom is 0.232 e. The summed E-state index contributed by atoms with van der Waals surface area (Å²) in [5.41, 5.74) is 0.982. The number of carbonyl (C=O) groups excluding carboxylic acids is 1. The molecule has 106 valence electrons. The Morgan fingerprint density at radius 2 is 2.15 bits per heavy atom. The van der Waals surface area contributed by atoms with Crippen LogP contribution >= 0.6 is 11.8 Å². The minimum Gasteiger partial charge on any atom is -0.355 e. The second-order valence-electron chi connectivity index (χ2n) is 4.39. The first-order valence-electron chi connectivity index (χ1n) is 6.48. The predicted octanol–water partition coefficient (Wildman–Crippen LogP) is 1.88. The lowest BCUT2D eigenvalue weighted by atomic mass is 10.2. The highest BCUT2D eigenvalue weighted by atomic mass is 32.2. The number of hydrogen-bond donors (Lipinski definition) is 2. The van der Waals surface area contributed by atoms with E-state index in [0.717, 1.165) is 11.4 Å². The summed E-state index contributed by atoms with van der Waals surface area (Å²) in [5.74, 6) is 1.52. The smallest absolute Gasteiger partial charge is 0.232 e. The van der Waals surface area contributed by atoms with E-state index in [1.54, 1.807) is 0 Å². The van der Waals surface area contributed by atoms with E-state index in [-0.39, 0.29) is 11.2 Å². The summed E-state index contributed by atoms with van der Waals surface area (Å²) in [6.45, 7) is 2.45. The molecule has 0 fully saturated rings. The normalized spacial score (nSPS) is 12.1. The lowest BCUT2D eigenvalue weighted by Crippen LogP contribution is -2.32. The van der Waals surface area contributed by atoms with Gasteiger partial charge in [0.1, 0.15) is 5.82 Å². The van der Waals surface area contributed by atoms with Crippen LogP contribution in [0, 0.1) is 0 Å². The summed E-state index contributed by atoms with van der Waals surface area (Å²) >= 11 is 1.53. The molecule has 0 saturated heterocycles. The third kappa shape index (κ3) is 3.84. The number of H-pyrrole nitrogens is 1. The Morgan fingerprint density at radius 3 is 2.85 bits per heavy atom. The van der Waals surface area contributed by atoms with Gasteiger partial charge in [-0.15, -0.1) is 0 Å². The molecule has 2 rings (SSSR count). The number of rotatable bonds is 6. The van der Waals surface area contributed by atoms with E-state index in [1.807, 2.05) is 43.5 Å². The third-order valence-electron chi connectivity index (χ3n) is 2.95. The van der Waals surface area contributed by atoms with Gasteiger partial charge in [0.05, 0.1) is 5.25 Å². The standard InChI is InChI=1S/C14H18N4OS/c1-10(20-2)14(19)15-9-8-12-16-13(18-17-12)11-6-4-3-5-7-11/h3-7,10H,8-9H2,1-2H3,(H,15,19)(H,16,17,18). The molecule has 2 N–H and O–H groups in total. The fourth-order valence-corrected chi connectivity index (χ4v) is 1.98. The van der Waals surface area contributed by atoms with Crippen molar-refractivity contribution < 1.29 is 4.79 Å². The van der Waals surface area contributed by atoms with Gasteiger partial charge in [0.25, 0.3) is 0 Å². The van der Waals surface area contributed by atoms with Gasteiger partial charge in [-0.25, -0.2) is 4.98 Å². The summed E-state index contributed by atoms with van der Waals surface area (Å²) in [6, 6.07) is 9.80. The van der Waals surface area contributed by atoms with E-state index in [2.05, 4.69) is 20.5 Å². The van der Waals surface area contributed by atoms with Gasteiger partial charge in [0.2, 0.25) is 5.91 Å². The summed E-state index contributed by atoms with van der Waals surface area (Å²) in [7, 11) is 0. The highest BCUT2D eigenvalue weighted by Gasteiger charge is 2.10. The summed E-state index contributed by atoms with van der Waals surface area (Å²) in [5, 5.41) is 9.95. The Balaban J connectivity index is 1.86. The monoisotopic (exact) mass is 290 g/mol. The van der Waals surface area contributed by atoms with Crippen molar-refractivity contribution in [3.05, 3.63) is 36.2 Å². The second kappa shape index (κ2) is 7.09. The SMILES string of the molecule is CSC(C)C(=O)NCCc1nc(-c2ccccc2)n[nH]1. The molecular weight excluding hydrogens is 272 g/mol. The molecule has 1 unspecified atom stereocenters. The van der Waals surface area contributed by atoms with Crippen molar-refractivity contribution in [1.29, 1.82) is 0 Å². The molecule has 0 radical (unpaired) electrons. The van der Waals surface area contributed by atoms with Crippen molar-refractivity contribution in [1.82, 2.24) is 20.5 Å². The molecule has 20 heavy (non-hydrogen) atoms. The van der Waals surface area contributed by atoms with Gasteiger partial charge in [-0.3, -0.25) is 9.89 Å². The molecule has 5 nitrogen and oxygen atoms in total. The Hall–Kier alpha value is -1.82. The molecule has 1 atom stereocenters. The number of hydrogen-bond acceptors (Lipinski definition) is 4. The number of nitrogens with one attached hydrogen (secondary N) is 2. The fourth-order valence-electron chi connectivity index (χ4n) is 1.68. The Bertz CT molecular complexity index is 555. The van der Waals surface area contributed by atoms with E-state index in [0.29, 0.717) is 18.8 Å². The molecule has 0 aliphatic rings. The molecule has 0 saturated carbocycles. The van der Waals surface area contributed by atoms with Gasteiger partial charge >= 0.3 is 0 Å². The predicted molar refractivity (Wildman–Crippen MR) is 81.5 cm³/mol. The minimum atomic E-state index is -0.0235. The molecule has 0 aliphatic heterocycles. The Labute approximate surface area is 122 Å². The van der Waals surface area contributed by atoms with E-state index >= 15 is 0 Å². The van der Waals surface area contributed by atoms with Crippen molar-refractivity contribution in [3.8, 4) is 11.4 Å². The average Bonchev–Trinajstić information content (AvgIpc) is 2.96. The van der Waals surface area contributed by atoms with E-state index in [1.165, 1.54) is 11.8 Å². The van der Waals surface area contributed by atoms with E-state index in [4.69, 9.17) is 0 Å².